The van der Waals surface area contributed by atoms with Crippen LogP contribution in [0.4, 0.5) is 4.39 Å². The highest BCUT2D eigenvalue weighted by Crippen LogP contribution is 2.36. The lowest BCUT2D eigenvalue weighted by molar-refractivity contribution is -0.156. The summed E-state index contributed by atoms with van der Waals surface area (Å²) in [6, 6.07) is 6.35. The second kappa shape index (κ2) is 7.38. The highest BCUT2D eigenvalue weighted by Gasteiger charge is 2.42. The van der Waals surface area contributed by atoms with Crippen molar-refractivity contribution in [2.24, 2.45) is 11.8 Å². The van der Waals surface area contributed by atoms with Gasteiger partial charge in [0.2, 0.25) is 5.91 Å². The van der Waals surface area contributed by atoms with Crippen molar-refractivity contribution < 1.29 is 19.1 Å². The summed E-state index contributed by atoms with van der Waals surface area (Å²) >= 11 is 0. The van der Waals surface area contributed by atoms with E-state index in [1.165, 1.54) is 12.1 Å². The van der Waals surface area contributed by atoms with Crippen LogP contribution in [0.5, 0.6) is 0 Å². The average Bonchev–Trinajstić information content (AvgIpc) is 2.41. The van der Waals surface area contributed by atoms with Crippen LogP contribution in [0.2, 0.25) is 0 Å². The van der Waals surface area contributed by atoms with Crippen LogP contribution in [0.3, 0.4) is 0 Å². The van der Waals surface area contributed by atoms with E-state index in [4.69, 9.17) is 5.11 Å². The molecule has 1 N–H and O–H groups in total. The molecule has 0 saturated heterocycles. The molecule has 5 heteroatoms. The number of amides is 1. The summed E-state index contributed by atoms with van der Waals surface area (Å²) in [5.74, 6) is -2.17. The lowest BCUT2D eigenvalue weighted by atomic mass is 9.73. The molecule has 0 heterocycles. The number of carboxylic acids is 1. The highest BCUT2D eigenvalue weighted by molar-refractivity contribution is 5.86. The Morgan fingerprint density at radius 2 is 2.00 bits per heavy atom. The third kappa shape index (κ3) is 3.84. The zero-order chi connectivity index (χ0) is 16.1. The van der Waals surface area contributed by atoms with E-state index in [1.54, 1.807) is 11.0 Å². The minimum atomic E-state index is -0.883. The van der Waals surface area contributed by atoms with E-state index in [1.807, 2.05) is 13.0 Å². The van der Waals surface area contributed by atoms with Crippen LogP contribution in [0.15, 0.2) is 24.3 Å². The van der Waals surface area contributed by atoms with Gasteiger partial charge in [-0.2, -0.15) is 0 Å². The number of hydrogen-bond donors (Lipinski definition) is 1. The third-order valence-electron chi connectivity index (χ3n) is 4.27. The summed E-state index contributed by atoms with van der Waals surface area (Å²) in [7, 11) is 0. The van der Waals surface area contributed by atoms with E-state index < -0.39 is 17.8 Å². The van der Waals surface area contributed by atoms with E-state index in [0.717, 1.165) is 12.0 Å². The molecule has 2 rings (SSSR count). The number of hydrogen-bond acceptors (Lipinski definition) is 2. The van der Waals surface area contributed by atoms with Crippen molar-refractivity contribution in [1.29, 1.82) is 0 Å². The smallest absolute Gasteiger partial charge is 0.307 e. The van der Waals surface area contributed by atoms with Gasteiger partial charge in [0.1, 0.15) is 5.82 Å². The Morgan fingerprint density at radius 3 is 2.55 bits per heavy atom. The van der Waals surface area contributed by atoms with Gasteiger partial charge in [-0.25, -0.2) is 4.39 Å². The lowest BCUT2D eigenvalue weighted by Gasteiger charge is -2.36. The molecule has 1 aliphatic carbocycles. The highest BCUT2D eigenvalue weighted by atomic mass is 19.1. The van der Waals surface area contributed by atoms with Crippen LogP contribution < -0.4 is 0 Å². The van der Waals surface area contributed by atoms with Crippen molar-refractivity contribution in [3.63, 3.8) is 0 Å². The molecule has 1 amide bonds. The first-order valence-electron chi connectivity index (χ1n) is 7.79. The van der Waals surface area contributed by atoms with Gasteiger partial charge in [0.05, 0.1) is 11.8 Å². The fraction of sp³-hybridized carbons (Fsp3) is 0.529. The fourth-order valence-electron chi connectivity index (χ4n) is 2.88. The minimum absolute atomic E-state index is 0.0723. The quantitative estimate of drug-likeness (QED) is 0.842. The predicted octanol–water partition coefficient (Wildman–Crippen LogP) is 2.72. The van der Waals surface area contributed by atoms with E-state index in [2.05, 4.69) is 0 Å². The number of carbonyl (C=O) groups is 2. The molecule has 0 aliphatic heterocycles. The topological polar surface area (TPSA) is 57.6 Å². The molecule has 0 aromatic heterocycles. The van der Waals surface area contributed by atoms with Crippen LogP contribution >= 0.6 is 0 Å². The van der Waals surface area contributed by atoms with Crippen LogP contribution in [-0.4, -0.2) is 35.0 Å². The van der Waals surface area contributed by atoms with Crippen LogP contribution in [0.1, 0.15) is 31.7 Å². The summed E-state index contributed by atoms with van der Waals surface area (Å²) in [5.41, 5.74) is 0.845. The van der Waals surface area contributed by atoms with Gasteiger partial charge in [0.15, 0.2) is 0 Å². The summed E-state index contributed by atoms with van der Waals surface area (Å²) in [6.07, 6.45) is 2.62. The van der Waals surface area contributed by atoms with Crippen molar-refractivity contribution in [3.05, 3.63) is 35.6 Å². The molecule has 1 aromatic rings. The summed E-state index contributed by atoms with van der Waals surface area (Å²) in [5, 5.41) is 9.09. The second-order valence-corrected chi connectivity index (χ2v) is 5.83. The first kappa shape index (κ1) is 16.5. The Labute approximate surface area is 129 Å². The van der Waals surface area contributed by atoms with E-state index >= 15 is 0 Å². The monoisotopic (exact) mass is 307 g/mol. The molecule has 0 radical (unpaired) electrons. The van der Waals surface area contributed by atoms with Gasteiger partial charge in [-0.1, -0.05) is 19.1 Å². The van der Waals surface area contributed by atoms with Gasteiger partial charge in [-0.15, -0.1) is 0 Å². The maximum atomic E-state index is 13.2. The number of carbonyl (C=O) groups excluding carboxylic acids is 1. The molecule has 1 saturated carbocycles. The Morgan fingerprint density at radius 1 is 1.27 bits per heavy atom. The lowest BCUT2D eigenvalue weighted by Crippen LogP contribution is -2.47. The molecule has 120 valence electrons. The third-order valence-corrected chi connectivity index (χ3v) is 4.27. The predicted molar refractivity (Wildman–Crippen MR) is 80.8 cm³/mol. The van der Waals surface area contributed by atoms with Crippen molar-refractivity contribution in [2.45, 2.75) is 32.6 Å². The number of nitrogens with zero attached hydrogens (tertiary/aromatic N) is 1. The zero-order valence-corrected chi connectivity index (χ0v) is 12.8. The molecule has 2 unspecified atom stereocenters. The van der Waals surface area contributed by atoms with Gasteiger partial charge in [0.25, 0.3) is 0 Å². The fourth-order valence-corrected chi connectivity index (χ4v) is 2.88. The van der Waals surface area contributed by atoms with Crippen molar-refractivity contribution in [2.75, 3.05) is 13.1 Å². The summed E-state index contributed by atoms with van der Waals surface area (Å²) < 4.78 is 13.2. The van der Waals surface area contributed by atoms with E-state index in [-0.39, 0.29) is 11.7 Å². The number of rotatable bonds is 7. The zero-order valence-electron chi connectivity index (χ0n) is 12.8. The van der Waals surface area contributed by atoms with Gasteiger partial charge < -0.3 is 10.0 Å². The number of carboxylic acid groups (broad SMARTS) is 1. The minimum Gasteiger partial charge on any atom is -0.481 e. The van der Waals surface area contributed by atoms with Crippen LogP contribution in [-0.2, 0) is 16.0 Å². The normalized spacial score (nSPS) is 20.3. The molecule has 4 nitrogen and oxygen atoms in total. The van der Waals surface area contributed by atoms with Crippen molar-refractivity contribution in [1.82, 2.24) is 4.90 Å². The summed E-state index contributed by atoms with van der Waals surface area (Å²) in [4.78, 5) is 25.3. The Kier molecular flexibility index (Phi) is 5.52. The molecule has 0 bridgehead atoms. The molecule has 2 atom stereocenters. The molecule has 22 heavy (non-hydrogen) atoms. The van der Waals surface area contributed by atoms with E-state index in [9.17, 15) is 14.0 Å². The maximum Gasteiger partial charge on any atom is 0.307 e. The van der Waals surface area contributed by atoms with Crippen LogP contribution in [0, 0.1) is 17.7 Å². The van der Waals surface area contributed by atoms with E-state index in [0.29, 0.717) is 32.4 Å². The molecular weight excluding hydrogens is 285 g/mol. The maximum absolute atomic E-state index is 13.2. The summed E-state index contributed by atoms with van der Waals surface area (Å²) in [6.45, 7) is 3.09. The second-order valence-electron chi connectivity index (χ2n) is 5.83. The Bertz CT molecular complexity index is 546. The molecular formula is C17H22FNO3. The first-order valence-corrected chi connectivity index (χ1v) is 7.79. The molecule has 1 aromatic carbocycles. The van der Waals surface area contributed by atoms with Gasteiger partial charge in [-0.3, -0.25) is 9.59 Å². The standard InChI is InChI=1S/C17H22FNO3/c1-2-9-19(10-8-12-4-3-5-13(18)11-12)16(20)14-6-7-15(14)17(21)22/h3-5,11,14-15H,2,6-10H2,1H3,(H,21,22). The van der Waals surface area contributed by atoms with Gasteiger partial charge in [-0.05, 0) is 43.4 Å². The number of aliphatic carboxylic acids is 1. The number of benzene rings is 1. The molecule has 0 spiro atoms. The molecule has 1 fully saturated rings. The Hall–Kier alpha value is -1.91. The largest absolute Gasteiger partial charge is 0.481 e. The average molecular weight is 307 g/mol. The van der Waals surface area contributed by atoms with Gasteiger partial charge >= 0.3 is 5.97 Å². The van der Waals surface area contributed by atoms with Crippen molar-refractivity contribution >= 4 is 11.9 Å². The Balaban J connectivity index is 1.97. The first-order chi connectivity index (χ1) is 10.5. The molecule has 1 aliphatic rings. The SMILES string of the molecule is CCCN(CCc1cccc(F)c1)C(=O)C1CCC1C(=O)O. The number of halogens is 1. The van der Waals surface area contributed by atoms with Crippen LogP contribution in [0.25, 0.3) is 0 Å². The van der Waals surface area contributed by atoms with Gasteiger partial charge in [0, 0.05) is 13.1 Å². The van der Waals surface area contributed by atoms with Crippen molar-refractivity contribution in [3.8, 4) is 0 Å².